The summed E-state index contributed by atoms with van der Waals surface area (Å²) in [5, 5.41) is 5.14. The molecule has 0 amide bonds. The van der Waals surface area contributed by atoms with Gasteiger partial charge in [0.25, 0.3) is 0 Å². The highest BCUT2D eigenvalue weighted by atomic mass is 32.1. The van der Waals surface area contributed by atoms with Crippen molar-refractivity contribution >= 4 is 35.7 Å². The molecule has 6 heteroatoms. The van der Waals surface area contributed by atoms with Gasteiger partial charge >= 0.3 is 0 Å². The smallest absolute Gasteiger partial charge is 0.146 e. The van der Waals surface area contributed by atoms with Crippen LogP contribution in [-0.2, 0) is 6.54 Å². The Labute approximate surface area is 167 Å². The van der Waals surface area contributed by atoms with E-state index in [0.29, 0.717) is 11.7 Å². The van der Waals surface area contributed by atoms with E-state index in [0.717, 1.165) is 40.8 Å². The maximum absolute atomic E-state index is 6.27. The minimum Gasteiger partial charge on any atom is -0.383 e. The second-order valence-corrected chi connectivity index (χ2v) is 6.84. The first-order valence-corrected chi connectivity index (χ1v) is 9.68. The molecule has 1 aromatic carbocycles. The van der Waals surface area contributed by atoms with Crippen LogP contribution in [0.4, 0.5) is 5.82 Å². The Morgan fingerprint density at radius 3 is 2.41 bits per heavy atom. The number of hydrogen-bond acceptors (Lipinski definition) is 5. The van der Waals surface area contributed by atoms with Crippen LogP contribution in [0.3, 0.4) is 0 Å². The van der Waals surface area contributed by atoms with E-state index in [1.807, 2.05) is 0 Å². The fraction of sp³-hybridized carbons (Fsp3) is 0.333. The lowest BCUT2D eigenvalue weighted by Gasteiger charge is -2.08. The second kappa shape index (κ2) is 9.58. The lowest BCUT2D eigenvalue weighted by atomic mass is 10.0. The van der Waals surface area contributed by atoms with Crippen LogP contribution in [0, 0.1) is 12.8 Å². The molecule has 0 spiro atoms. The van der Waals surface area contributed by atoms with Gasteiger partial charge in [-0.15, -0.1) is 12.8 Å². The van der Waals surface area contributed by atoms with Gasteiger partial charge in [-0.3, -0.25) is 5.14 Å². The number of aromatic nitrogens is 3. The number of aryl methyl sites for hydroxylation is 2. The summed E-state index contributed by atoms with van der Waals surface area (Å²) in [5.41, 5.74) is 11.8. The molecular weight excluding hydrogens is 354 g/mol. The molecule has 0 bridgehead atoms. The number of nitrogen functional groups attached to an aromatic ring is 1. The predicted octanol–water partition coefficient (Wildman–Crippen LogP) is 4.86. The summed E-state index contributed by atoms with van der Waals surface area (Å²) >= 11 is 3.03. The third-order valence-electron chi connectivity index (χ3n) is 4.34. The number of rotatable bonds is 5. The monoisotopic (exact) mass is 383 g/mol. The molecule has 0 unspecified atom stereocenters. The van der Waals surface area contributed by atoms with Gasteiger partial charge in [0, 0.05) is 12.1 Å². The van der Waals surface area contributed by atoms with E-state index < -0.39 is 0 Å². The minimum absolute atomic E-state index is 0.474. The Balaban J connectivity index is 0.00000126. The molecule has 2 aromatic heterocycles. The van der Waals surface area contributed by atoms with Gasteiger partial charge in [-0.05, 0) is 30.9 Å². The molecule has 4 N–H and O–H groups in total. The van der Waals surface area contributed by atoms with Gasteiger partial charge in [-0.1, -0.05) is 56.7 Å². The molecule has 144 valence electrons. The predicted molar refractivity (Wildman–Crippen MR) is 119 cm³/mol. The van der Waals surface area contributed by atoms with Gasteiger partial charge in [0.05, 0.1) is 11.1 Å². The highest BCUT2D eigenvalue weighted by molar-refractivity contribution is 7.77. The average molecular weight is 384 g/mol. The molecule has 0 radical (unpaired) electrons. The van der Waals surface area contributed by atoms with Crippen molar-refractivity contribution in [3.05, 3.63) is 47.9 Å². The maximum Gasteiger partial charge on any atom is 0.146 e. The van der Waals surface area contributed by atoms with Crippen LogP contribution in [0.25, 0.3) is 28.2 Å². The molecule has 0 saturated heterocycles. The summed E-state index contributed by atoms with van der Waals surface area (Å²) in [4.78, 5) is 8.80. The average Bonchev–Trinajstić information content (AvgIpc) is 2.98. The standard InChI is InChI=1S/C21H26N4.H3NS/c1-5-12-25-17(11-6-14(2)3)18(16-9-7-15(4)8-10-16)19-20(22)23-13-24-21(19)25;1-2/h6-11,13-14H,5,12H2,1-4H3,(H2,22,23,24);2H,1H2/b11-6+;. The summed E-state index contributed by atoms with van der Waals surface area (Å²) < 4.78 is 2.27. The van der Waals surface area contributed by atoms with Crippen molar-refractivity contribution in [2.75, 3.05) is 5.73 Å². The zero-order chi connectivity index (χ0) is 20.0. The lowest BCUT2D eigenvalue weighted by Crippen LogP contribution is -2.01. The summed E-state index contributed by atoms with van der Waals surface area (Å²) in [5.74, 6) is 1.01. The molecule has 27 heavy (non-hydrogen) atoms. The Bertz CT molecular complexity index is 910. The number of nitrogens with two attached hydrogens (primary N) is 2. The van der Waals surface area contributed by atoms with E-state index in [2.05, 4.69) is 96.6 Å². The van der Waals surface area contributed by atoms with Crippen LogP contribution >= 0.6 is 12.8 Å². The number of benzene rings is 1. The maximum atomic E-state index is 6.27. The van der Waals surface area contributed by atoms with Crippen molar-refractivity contribution in [2.45, 2.75) is 40.7 Å². The van der Waals surface area contributed by atoms with E-state index in [4.69, 9.17) is 5.73 Å². The second-order valence-electron chi connectivity index (χ2n) is 6.84. The summed E-state index contributed by atoms with van der Waals surface area (Å²) in [6.45, 7) is 9.54. The van der Waals surface area contributed by atoms with E-state index in [9.17, 15) is 0 Å². The first-order chi connectivity index (χ1) is 13.0. The van der Waals surface area contributed by atoms with Crippen molar-refractivity contribution < 1.29 is 0 Å². The zero-order valence-electron chi connectivity index (χ0n) is 16.5. The summed E-state index contributed by atoms with van der Waals surface area (Å²) in [6, 6.07) is 8.57. The number of nitrogens with zero attached hydrogens (tertiary/aromatic N) is 3. The van der Waals surface area contributed by atoms with Crippen molar-refractivity contribution in [3.63, 3.8) is 0 Å². The van der Waals surface area contributed by atoms with Gasteiger partial charge in [-0.2, -0.15) is 0 Å². The van der Waals surface area contributed by atoms with Crippen LogP contribution in [0.5, 0.6) is 0 Å². The Kier molecular flexibility index (Phi) is 7.45. The molecule has 0 saturated carbocycles. The third-order valence-corrected chi connectivity index (χ3v) is 4.34. The van der Waals surface area contributed by atoms with Crippen LogP contribution < -0.4 is 10.9 Å². The van der Waals surface area contributed by atoms with Crippen molar-refractivity contribution in [2.24, 2.45) is 11.1 Å². The number of fused-ring (bicyclic) bond motifs is 1. The normalized spacial score (nSPS) is 11.2. The van der Waals surface area contributed by atoms with Gasteiger partial charge in [0.1, 0.15) is 17.8 Å². The highest BCUT2D eigenvalue weighted by Gasteiger charge is 2.20. The van der Waals surface area contributed by atoms with Gasteiger partial charge < -0.3 is 10.3 Å². The van der Waals surface area contributed by atoms with E-state index in [-0.39, 0.29) is 0 Å². The van der Waals surface area contributed by atoms with Gasteiger partial charge in [0.2, 0.25) is 0 Å². The third kappa shape index (κ3) is 4.51. The number of allylic oxidation sites excluding steroid dienone is 1. The Hall–Kier alpha value is -2.31. The van der Waals surface area contributed by atoms with E-state index in [1.165, 1.54) is 5.56 Å². The minimum atomic E-state index is 0.474. The molecule has 0 atom stereocenters. The molecule has 2 heterocycles. The topological polar surface area (TPSA) is 82.8 Å². The lowest BCUT2D eigenvalue weighted by molar-refractivity contribution is 0.692. The molecule has 5 nitrogen and oxygen atoms in total. The van der Waals surface area contributed by atoms with Crippen molar-refractivity contribution in [1.82, 2.24) is 14.5 Å². The molecule has 0 aliphatic heterocycles. The Morgan fingerprint density at radius 2 is 1.81 bits per heavy atom. The van der Waals surface area contributed by atoms with Crippen LogP contribution in [0.2, 0.25) is 0 Å². The largest absolute Gasteiger partial charge is 0.383 e. The SMILES string of the molecule is CCCn1c(/C=C/C(C)C)c(-c2ccc(C)cc2)c2c(N)ncnc21.NS. The molecule has 0 fully saturated rings. The zero-order valence-corrected chi connectivity index (χ0v) is 17.4. The number of hydrogen-bond donors (Lipinski definition) is 3. The summed E-state index contributed by atoms with van der Waals surface area (Å²) in [7, 11) is 0. The fourth-order valence-electron chi connectivity index (χ4n) is 3.13. The molecule has 0 aliphatic carbocycles. The highest BCUT2D eigenvalue weighted by Crippen LogP contribution is 2.37. The molecule has 3 aromatic rings. The Morgan fingerprint density at radius 1 is 1.15 bits per heavy atom. The van der Waals surface area contributed by atoms with Crippen LogP contribution in [0.15, 0.2) is 36.7 Å². The first kappa shape index (κ1) is 21.0. The van der Waals surface area contributed by atoms with E-state index >= 15 is 0 Å². The van der Waals surface area contributed by atoms with Gasteiger partial charge in [-0.25, -0.2) is 9.97 Å². The molecular formula is C21H29N5S. The first-order valence-electron chi connectivity index (χ1n) is 9.16. The molecule has 0 aliphatic rings. The number of thiol groups is 1. The van der Waals surface area contributed by atoms with Crippen LogP contribution in [0.1, 0.15) is 38.4 Å². The van der Waals surface area contributed by atoms with Crippen LogP contribution in [-0.4, -0.2) is 14.5 Å². The fourth-order valence-corrected chi connectivity index (χ4v) is 3.13. The van der Waals surface area contributed by atoms with Gasteiger partial charge in [0.15, 0.2) is 0 Å². The number of anilines is 1. The summed E-state index contributed by atoms with van der Waals surface area (Å²) in [6.07, 6.45) is 7.01. The molecule has 3 rings (SSSR count). The van der Waals surface area contributed by atoms with Crippen molar-refractivity contribution in [1.29, 1.82) is 0 Å². The quantitative estimate of drug-likeness (QED) is 0.550. The van der Waals surface area contributed by atoms with Crippen molar-refractivity contribution in [3.8, 4) is 11.1 Å². The van der Waals surface area contributed by atoms with E-state index in [1.54, 1.807) is 6.33 Å².